The number of nitrogens with zero attached hydrogens (tertiary/aromatic N) is 5. The lowest BCUT2D eigenvalue weighted by atomic mass is 10.1. The van der Waals surface area contributed by atoms with E-state index >= 15 is 0 Å². The van der Waals surface area contributed by atoms with Crippen molar-refractivity contribution in [3.05, 3.63) is 89.7 Å². The molecule has 0 saturated carbocycles. The number of hydrogen-bond donors (Lipinski definition) is 0. The smallest absolute Gasteiger partial charge is 0.253 e. The first-order valence-corrected chi connectivity index (χ1v) is 14.6. The maximum absolute atomic E-state index is 14.2. The van der Waals surface area contributed by atoms with Crippen LogP contribution in [-0.4, -0.2) is 72.6 Å². The molecular weight excluding hydrogens is 541 g/mol. The zero-order chi connectivity index (χ0) is 28.8. The summed E-state index contributed by atoms with van der Waals surface area (Å²) in [5.41, 5.74) is 3.23. The van der Waals surface area contributed by atoms with Gasteiger partial charge in [-0.1, -0.05) is 48.2 Å². The largest absolute Gasteiger partial charge is 0.497 e. The van der Waals surface area contributed by atoms with Crippen LogP contribution in [-0.2, 0) is 10.5 Å². The van der Waals surface area contributed by atoms with E-state index in [4.69, 9.17) is 9.47 Å². The van der Waals surface area contributed by atoms with Crippen molar-refractivity contribution in [2.75, 3.05) is 51.9 Å². The van der Waals surface area contributed by atoms with Crippen LogP contribution in [0.2, 0.25) is 0 Å². The van der Waals surface area contributed by atoms with Crippen molar-refractivity contribution in [1.82, 2.24) is 19.7 Å². The molecule has 3 aromatic carbocycles. The average molecular weight is 576 g/mol. The fourth-order valence-corrected chi connectivity index (χ4v) is 5.97. The molecular formula is C31H34FN5O3S. The summed E-state index contributed by atoms with van der Waals surface area (Å²) in [4.78, 5) is 17.0. The number of amides is 1. The van der Waals surface area contributed by atoms with Gasteiger partial charge >= 0.3 is 0 Å². The van der Waals surface area contributed by atoms with Gasteiger partial charge in [0.15, 0.2) is 11.0 Å². The summed E-state index contributed by atoms with van der Waals surface area (Å²) in [7, 11) is 3.33. The van der Waals surface area contributed by atoms with Crippen LogP contribution in [0.15, 0.2) is 78.0 Å². The van der Waals surface area contributed by atoms with Gasteiger partial charge < -0.3 is 19.3 Å². The number of halogens is 1. The fourth-order valence-electron chi connectivity index (χ4n) is 4.98. The van der Waals surface area contributed by atoms with Crippen LogP contribution in [0.25, 0.3) is 11.4 Å². The minimum Gasteiger partial charge on any atom is -0.497 e. The van der Waals surface area contributed by atoms with E-state index in [-0.39, 0.29) is 17.8 Å². The number of anilines is 1. The number of piperazine rings is 1. The van der Waals surface area contributed by atoms with Gasteiger partial charge in [-0.15, -0.1) is 10.2 Å². The lowest BCUT2D eigenvalue weighted by Crippen LogP contribution is -2.49. The molecule has 214 valence electrons. The summed E-state index contributed by atoms with van der Waals surface area (Å²) < 4.78 is 27.1. The highest BCUT2D eigenvalue weighted by molar-refractivity contribution is 7.98. The van der Waals surface area contributed by atoms with Crippen LogP contribution in [0.5, 0.6) is 5.75 Å². The fraction of sp³-hybridized carbons (Fsp3) is 0.323. The molecule has 1 aliphatic rings. The third-order valence-electron chi connectivity index (χ3n) is 7.17. The zero-order valence-electron chi connectivity index (χ0n) is 23.5. The van der Waals surface area contributed by atoms with Gasteiger partial charge in [0.25, 0.3) is 5.91 Å². The summed E-state index contributed by atoms with van der Waals surface area (Å²) in [5.74, 6) is 1.95. The molecule has 8 nitrogen and oxygen atoms in total. The van der Waals surface area contributed by atoms with Gasteiger partial charge in [0.1, 0.15) is 11.6 Å². The van der Waals surface area contributed by atoms with Crippen molar-refractivity contribution >= 4 is 23.4 Å². The zero-order valence-corrected chi connectivity index (χ0v) is 24.3. The van der Waals surface area contributed by atoms with Crippen LogP contribution in [0.4, 0.5) is 10.1 Å². The summed E-state index contributed by atoms with van der Waals surface area (Å²) in [6.45, 7) is 4.90. The Labute approximate surface area is 244 Å². The van der Waals surface area contributed by atoms with Crippen molar-refractivity contribution in [3.63, 3.8) is 0 Å². The predicted molar refractivity (Wildman–Crippen MR) is 159 cm³/mol. The Morgan fingerprint density at radius 2 is 1.73 bits per heavy atom. The molecule has 0 bridgehead atoms. The Hall–Kier alpha value is -3.89. The molecule has 41 heavy (non-hydrogen) atoms. The van der Waals surface area contributed by atoms with Crippen LogP contribution >= 0.6 is 11.8 Å². The molecule has 4 aromatic rings. The summed E-state index contributed by atoms with van der Waals surface area (Å²) in [5, 5.41) is 9.79. The van der Waals surface area contributed by atoms with E-state index < -0.39 is 0 Å². The molecule has 1 aromatic heterocycles. The van der Waals surface area contributed by atoms with Gasteiger partial charge in [0.2, 0.25) is 0 Å². The average Bonchev–Trinajstić information content (AvgIpc) is 3.45. The molecule has 0 N–H and O–H groups in total. The van der Waals surface area contributed by atoms with Crippen molar-refractivity contribution in [2.45, 2.75) is 23.9 Å². The van der Waals surface area contributed by atoms with Crippen LogP contribution in [0, 0.1) is 5.82 Å². The number of methoxy groups -OCH3 is 2. The van der Waals surface area contributed by atoms with Crippen LogP contribution < -0.4 is 9.64 Å². The van der Waals surface area contributed by atoms with E-state index in [1.807, 2.05) is 64.4 Å². The number of carbonyl (C=O) groups is 1. The standard InChI is InChI=1S/C31H34FN5O3S/c1-22(20-39-2)37-29(25-7-6-8-26(19-25)40-3)33-34-31(37)41-21-23-11-13-24(14-12-23)30(38)36-17-15-35(16-18-36)28-10-5-4-9-27(28)32/h4-14,19,22H,15-18,20-21H2,1-3H3/t22-/m0/s1. The van der Waals surface area contributed by atoms with E-state index in [0.29, 0.717) is 49.8 Å². The number of carbonyl (C=O) groups excluding carboxylic acids is 1. The number of hydrogen-bond acceptors (Lipinski definition) is 7. The predicted octanol–water partition coefficient (Wildman–Crippen LogP) is 5.55. The van der Waals surface area contributed by atoms with Crippen molar-refractivity contribution in [3.8, 4) is 17.1 Å². The third kappa shape index (κ3) is 6.55. The van der Waals surface area contributed by atoms with Gasteiger partial charge in [-0.05, 0) is 48.9 Å². The van der Waals surface area contributed by atoms with Gasteiger partial charge in [-0.3, -0.25) is 9.36 Å². The highest BCUT2D eigenvalue weighted by Gasteiger charge is 2.24. The Kier molecular flexibility index (Phi) is 9.21. The summed E-state index contributed by atoms with van der Waals surface area (Å²) in [6.07, 6.45) is 0. The van der Waals surface area contributed by atoms with Gasteiger partial charge in [-0.25, -0.2) is 4.39 Å². The molecule has 5 rings (SSSR count). The lowest BCUT2D eigenvalue weighted by molar-refractivity contribution is 0.0746. The Morgan fingerprint density at radius 1 is 0.976 bits per heavy atom. The second-order valence-electron chi connectivity index (χ2n) is 9.93. The maximum atomic E-state index is 14.2. The maximum Gasteiger partial charge on any atom is 0.253 e. The molecule has 0 aliphatic carbocycles. The molecule has 0 unspecified atom stereocenters. The quantitative estimate of drug-likeness (QED) is 0.230. The number of thioether (sulfide) groups is 1. The molecule has 10 heteroatoms. The minimum atomic E-state index is -0.233. The summed E-state index contributed by atoms with van der Waals surface area (Å²) in [6, 6.07) is 22.3. The van der Waals surface area contributed by atoms with Crippen molar-refractivity contribution in [1.29, 1.82) is 0 Å². The van der Waals surface area contributed by atoms with Crippen molar-refractivity contribution < 1.29 is 18.7 Å². The highest BCUT2D eigenvalue weighted by Crippen LogP contribution is 2.31. The second-order valence-corrected chi connectivity index (χ2v) is 10.9. The first-order chi connectivity index (χ1) is 20.0. The third-order valence-corrected chi connectivity index (χ3v) is 8.18. The SMILES string of the molecule is COC[C@H](C)n1c(SCc2ccc(C(=O)N3CCN(c4ccccc4F)CC3)cc2)nnc1-c1cccc(OC)c1. The first kappa shape index (κ1) is 28.6. The van der Waals surface area contributed by atoms with Gasteiger partial charge in [0, 0.05) is 50.2 Å². The summed E-state index contributed by atoms with van der Waals surface area (Å²) >= 11 is 1.59. The van der Waals surface area contributed by atoms with E-state index in [0.717, 1.165) is 27.9 Å². The number of ether oxygens (including phenoxy) is 2. The number of rotatable bonds is 10. The molecule has 1 amide bonds. The normalized spacial score (nSPS) is 14.2. The molecule has 1 fully saturated rings. The second kappa shape index (κ2) is 13.2. The number of benzene rings is 3. The molecule has 1 atom stereocenters. The Bertz CT molecular complexity index is 1470. The highest BCUT2D eigenvalue weighted by atomic mass is 32.2. The van der Waals surface area contributed by atoms with Gasteiger partial charge in [0.05, 0.1) is 25.4 Å². The number of aromatic nitrogens is 3. The monoisotopic (exact) mass is 575 g/mol. The van der Waals surface area contributed by atoms with E-state index in [1.54, 1.807) is 38.1 Å². The minimum absolute atomic E-state index is 0.00606. The first-order valence-electron chi connectivity index (χ1n) is 13.6. The van der Waals surface area contributed by atoms with Crippen LogP contribution in [0.1, 0.15) is 28.9 Å². The Morgan fingerprint density at radius 3 is 2.44 bits per heavy atom. The number of para-hydroxylation sites is 1. The lowest BCUT2D eigenvalue weighted by Gasteiger charge is -2.36. The van der Waals surface area contributed by atoms with Crippen LogP contribution in [0.3, 0.4) is 0 Å². The molecule has 2 heterocycles. The van der Waals surface area contributed by atoms with E-state index in [2.05, 4.69) is 21.7 Å². The molecule has 0 radical (unpaired) electrons. The Balaban J connectivity index is 1.23. The molecule has 0 spiro atoms. The van der Waals surface area contributed by atoms with E-state index in [1.165, 1.54) is 6.07 Å². The van der Waals surface area contributed by atoms with Crippen molar-refractivity contribution in [2.24, 2.45) is 0 Å². The van der Waals surface area contributed by atoms with E-state index in [9.17, 15) is 9.18 Å². The molecule has 1 aliphatic heterocycles. The molecule has 1 saturated heterocycles. The topological polar surface area (TPSA) is 72.7 Å². The van der Waals surface area contributed by atoms with Gasteiger partial charge in [-0.2, -0.15) is 0 Å².